The van der Waals surface area contributed by atoms with Gasteiger partial charge in [-0.25, -0.2) is 9.59 Å². The predicted molar refractivity (Wildman–Crippen MR) is 66.3 cm³/mol. The number of β-amino-alcohol motifs (C(OH)–C–C–N with tert-alkyl or cyclic N) is 1. The second-order valence-corrected chi connectivity index (χ2v) is 5.40. The Morgan fingerprint density at radius 1 is 1.44 bits per heavy atom. The van der Waals surface area contributed by atoms with Gasteiger partial charge >= 0.3 is 12.0 Å². The molecule has 1 heterocycles. The Morgan fingerprint density at radius 3 is 2.44 bits per heavy atom. The van der Waals surface area contributed by atoms with Gasteiger partial charge in [0.15, 0.2) is 0 Å². The van der Waals surface area contributed by atoms with Crippen LogP contribution in [-0.2, 0) is 4.79 Å². The molecule has 0 saturated carbocycles. The summed E-state index contributed by atoms with van der Waals surface area (Å²) in [4.78, 5) is 26.2. The molecule has 1 saturated heterocycles. The first kappa shape index (κ1) is 14.8. The van der Waals surface area contributed by atoms with Crippen molar-refractivity contribution in [1.82, 2.24) is 9.80 Å². The minimum atomic E-state index is -1.07. The second kappa shape index (κ2) is 5.14. The summed E-state index contributed by atoms with van der Waals surface area (Å²) in [6.07, 6.45) is 0.110. The van der Waals surface area contributed by atoms with E-state index in [1.54, 1.807) is 11.9 Å². The van der Waals surface area contributed by atoms with Crippen LogP contribution in [0.4, 0.5) is 4.79 Å². The van der Waals surface area contributed by atoms with Crippen molar-refractivity contribution < 1.29 is 19.8 Å². The van der Waals surface area contributed by atoms with E-state index >= 15 is 0 Å². The van der Waals surface area contributed by atoms with Crippen molar-refractivity contribution >= 4 is 12.0 Å². The summed E-state index contributed by atoms with van der Waals surface area (Å²) in [7, 11) is 1.66. The van der Waals surface area contributed by atoms with Crippen LogP contribution in [0.25, 0.3) is 0 Å². The topological polar surface area (TPSA) is 81.1 Å². The Labute approximate surface area is 107 Å². The zero-order valence-corrected chi connectivity index (χ0v) is 11.4. The lowest BCUT2D eigenvalue weighted by atomic mass is 10.0. The summed E-state index contributed by atoms with van der Waals surface area (Å²) in [6.45, 7) is 5.90. The molecule has 0 spiro atoms. The second-order valence-electron chi connectivity index (χ2n) is 5.40. The SMILES string of the molecule is CCC(C)(C)N(C)C(=O)N1CC(O)CC1C(=O)O. The van der Waals surface area contributed by atoms with Crippen LogP contribution in [0.1, 0.15) is 33.6 Å². The molecule has 0 radical (unpaired) electrons. The fraction of sp³-hybridized carbons (Fsp3) is 0.833. The summed E-state index contributed by atoms with van der Waals surface area (Å²) in [5.74, 6) is -1.07. The minimum absolute atomic E-state index is 0.0833. The average Bonchev–Trinajstić information content (AvgIpc) is 2.69. The third-order valence-electron chi connectivity index (χ3n) is 3.87. The molecule has 2 atom stereocenters. The summed E-state index contributed by atoms with van der Waals surface area (Å²) < 4.78 is 0. The molecule has 18 heavy (non-hydrogen) atoms. The summed E-state index contributed by atoms with van der Waals surface area (Å²) in [5, 5.41) is 18.6. The molecular weight excluding hydrogens is 236 g/mol. The molecule has 104 valence electrons. The van der Waals surface area contributed by atoms with E-state index in [0.717, 1.165) is 6.42 Å². The predicted octanol–water partition coefficient (Wildman–Crippen LogP) is 0.747. The van der Waals surface area contributed by atoms with Crippen LogP contribution in [-0.4, -0.2) is 63.3 Å². The van der Waals surface area contributed by atoms with Gasteiger partial charge in [0, 0.05) is 25.6 Å². The van der Waals surface area contributed by atoms with Gasteiger partial charge in [0.05, 0.1) is 6.10 Å². The monoisotopic (exact) mass is 258 g/mol. The number of aliphatic carboxylic acids is 1. The van der Waals surface area contributed by atoms with Crippen LogP contribution in [0, 0.1) is 0 Å². The molecule has 0 aromatic heterocycles. The van der Waals surface area contributed by atoms with Gasteiger partial charge < -0.3 is 20.0 Å². The quantitative estimate of drug-likeness (QED) is 0.782. The smallest absolute Gasteiger partial charge is 0.326 e. The number of carbonyl (C=O) groups is 2. The molecule has 2 amide bonds. The molecule has 2 unspecified atom stereocenters. The Morgan fingerprint density at radius 2 is 2.00 bits per heavy atom. The van der Waals surface area contributed by atoms with Crippen LogP contribution >= 0.6 is 0 Å². The molecule has 1 aliphatic rings. The number of hydrogen-bond acceptors (Lipinski definition) is 3. The minimum Gasteiger partial charge on any atom is -0.480 e. The van der Waals surface area contributed by atoms with Crippen LogP contribution < -0.4 is 0 Å². The number of aliphatic hydroxyl groups is 1. The number of aliphatic hydroxyl groups excluding tert-OH is 1. The highest BCUT2D eigenvalue weighted by Gasteiger charge is 2.42. The molecule has 0 aliphatic carbocycles. The van der Waals surface area contributed by atoms with Crippen molar-refractivity contribution in [3.05, 3.63) is 0 Å². The van der Waals surface area contributed by atoms with Gasteiger partial charge in [0.2, 0.25) is 0 Å². The molecule has 1 fully saturated rings. The van der Waals surface area contributed by atoms with Crippen LogP contribution in [0.5, 0.6) is 0 Å². The van der Waals surface area contributed by atoms with Crippen molar-refractivity contribution in [3.63, 3.8) is 0 Å². The molecule has 0 bridgehead atoms. The van der Waals surface area contributed by atoms with Crippen molar-refractivity contribution in [1.29, 1.82) is 0 Å². The number of hydrogen-bond donors (Lipinski definition) is 2. The lowest BCUT2D eigenvalue weighted by Gasteiger charge is -2.38. The van der Waals surface area contributed by atoms with E-state index < -0.39 is 18.1 Å². The number of carboxylic acid groups (broad SMARTS) is 1. The molecule has 0 aromatic rings. The summed E-state index contributed by atoms with van der Waals surface area (Å²) >= 11 is 0. The van der Waals surface area contributed by atoms with E-state index in [2.05, 4.69) is 0 Å². The lowest BCUT2D eigenvalue weighted by molar-refractivity contribution is -0.141. The highest BCUT2D eigenvalue weighted by atomic mass is 16.4. The largest absolute Gasteiger partial charge is 0.480 e. The van der Waals surface area contributed by atoms with Crippen LogP contribution in [0.3, 0.4) is 0 Å². The van der Waals surface area contributed by atoms with Crippen LogP contribution in [0.15, 0.2) is 0 Å². The summed E-state index contributed by atoms with van der Waals surface area (Å²) in [6, 6.07) is -1.27. The molecule has 1 rings (SSSR count). The highest BCUT2D eigenvalue weighted by molar-refractivity contribution is 5.83. The first-order valence-electron chi connectivity index (χ1n) is 6.16. The number of amides is 2. The van der Waals surface area contributed by atoms with Gasteiger partial charge in [-0.3, -0.25) is 0 Å². The van der Waals surface area contributed by atoms with Crippen molar-refractivity contribution in [2.24, 2.45) is 0 Å². The number of urea groups is 1. The van der Waals surface area contributed by atoms with Crippen molar-refractivity contribution in [2.75, 3.05) is 13.6 Å². The maximum atomic E-state index is 12.3. The van der Waals surface area contributed by atoms with Gasteiger partial charge in [-0.05, 0) is 20.3 Å². The van der Waals surface area contributed by atoms with E-state index in [9.17, 15) is 14.7 Å². The molecule has 6 heteroatoms. The first-order valence-corrected chi connectivity index (χ1v) is 6.16. The maximum Gasteiger partial charge on any atom is 0.326 e. The number of nitrogens with zero attached hydrogens (tertiary/aromatic N) is 2. The molecular formula is C12H22N2O4. The van der Waals surface area contributed by atoms with E-state index in [4.69, 9.17) is 5.11 Å². The first-order chi connectivity index (χ1) is 8.20. The standard InChI is InChI=1S/C12H22N2O4/c1-5-12(2,3)13(4)11(18)14-7-8(15)6-9(14)10(16)17/h8-9,15H,5-7H2,1-4H3,(H,16,17). The Hall–Kier alpha value is -1.30. The molecule has 1 aliphatic heterocycles. The van der Waals surface area contributed by atoms with E-state index in [0.29, 0.717) is 0 Å². The maximum absolute atomic E-state index is 12.3. The number of likely N-dealkylation sites (tertiary alicyclic amines) is 1. The number of rotatable bonds is 3. The Kier molecular flexibility index (Phi) is 4.21. The molecule has 0 aromatic carbocycles. The highest BCUT2D eigenvalue weighted by Crippen LogP contribution is 2.24. The number of carbonyl (C=O) groups excluding carboxylic acids is 1. The van der Waals surface area contributed by atoms with Crippen molar-refractivity contribution in [2.45, 2.75) is 51.3 Å². The van der Waals surface area contributed by atoms with Gasteiger partial charge in [0.1, 0.15) is 6.04 Å². The van der Waals surface area contributed by atoms with Gasteiger partial charge in [0.25, 0.3) is 0 Å². The molecule has 2 N–H and O–H groups in total. The normalized spacial score (nSPS) is 24.2. The Balaban J connectivity index is 2.86. The van der Waals surface area contributed by atoms with E-state index in [1.807, 2.05) is 20.8 Å². The van der Waals surface area contributed by atoms with Gasteiger partial charge in [-0.1, -0.05) is 6.92 Å². The van der Waals surface area contributed by atoms with Gasteiger partial charge in [-0.2, -0.15) is 0 Å². The van der Waals surface area contributed by atoms with Crippen molar-refractivity contribution in [3.8, 4) is 0 Å². The van der Waals surface area contributed by atoms with E-state index in [1.165, 1.54) is 4.90 Å². The summed E-state index contributed by atoms with van der Waals surface area (Å²) in [5.41, 5.74) is -0.340. The van der Waals surface area contributed by atoms with E-state index in [-0.39, 0.29) is 24.5 Å². The fourth-order valence-corrected chi connectivity index (χ4v) is 1.95. The fourth-order valence-electron chi connectivity index (χ4n) is 1.95. The van der Waals surface area contributed by atoms with Gasteiger partial charge in [-0.15, -0.1) is 0 Å². The third kappa shape index (κ3) is 2.75. The average molecular weight is 258 g/mol. The zero-order chi connectivity index (χ0) is 14.1. The molecule has 6 nitrogen and oxygen atoms in total. The third-order valence-corrected chi connectivity index (χ3v) is 3.87. The number of carboxylic acids is 1. The lowest BCUT2D eigenvalue weighted by Crippen LogP contribution is -2.53. The Bertz CT molecular complexity index is 343. The van der Waals surface area contributed by atoms with Crippen LogP contribution in [0.2, 0.25) is 0 Å². The zero-order valence-electron chi connectivity index (χ0n) is 11.4.